The predicted molar refractivity (Wildman–Crippen MR) is 83.2 cm³/mol. The van der Waals surface area contributed by atoms with Gasteiger partial charge in [-0.25, -0.2) is 0 Å². The standard InChI is InChI=1S/C16H26N2O2/c1-12(19)10-16(2,3)11-17-15(20)13-7-6-8-14(9-13)18(4)5/h6-9,12,19H,10-11H2,1-5H3,(H,17,20). The Kier molecular flexibility index (Phi) is 5.57. The molecule has 0 bridgehead atoms. The van der Waals surface area contributed by atoms with Crippen molar-refractivity contribution in [2.45, 2.75) is 33.3 Å². The van der Waals surface area contributed by atoms with Gasteiger partial charge in [0, 0.05) is 31.9 Å². The lowest BCUT2D eigenvalue weighted by Gasteiger charge is -2.26. The quantitative estimate of drug-likeness (QED) is 0.839. The van der Waals surface area contributed by atoms with Crippen LogP contribution in [-0.2, 0) is 0 Å². The number of nitrogens with one attached hydrogen (secondary N) is 1. The number of hydrogen-bond donors (Lipinski definition) is 2. The molecule has 20 heavy (non-hydrogen) atoms. The Morgan fingerprint density at radius 3 is 2.60 bits per heavy atom. The van der Waals surface area contributed by atoms with Crippen LogP contribution in [0.3, 0.4) is 0 Å². The number of nitrogens with zero attached hydrogens (tertiary/aromatic N) is 1. The maximum absolute atomic E-state index is 12.2. The van der Waals surface area contributed by atoms with E-state index in [0.29, 0.717) is 18.5 Å². The first kappa shape index (κ1) is 16.5. The molecule has 1 atom stereocenters. The van der Waals surface area contributed by atoms with Gasteiger partial charge in [-0.15, -0.1) is 0 Å². The monoisotopic (exact) mass is 278 g/mol. The molecule has 1 aromatic rings. The molecular weight excluding hydrogens is 252 g/mol. The van der Waals surface area contributed by atoms with E-state index in [1.807, 2.05) is 57.1 Å². The van der Waals surface area contributed by atoms with Crippen molar-refractivity contribution < 1.29 is 9.90 Å². The fourth-order valence-corrected chi connectivity index (χ4v) is 2.22. The minimum Gasteiger partial charge on any atom is -0.393 e. The molecule has 0 aliphatic rings. The Labute approximate surface area is 121 Å². The highest BCUT2D eigenvalue weighted by atomic mass is 16.3. The third kappa shape index (κ3) is 5.21. The van der Waals surface area contributed by atoms with Gasteiger partial charge in [-0.2, -0.15) is 0 Å². The Morgan fingerprint density at radius 1 is 1.40 bits per heavy atom. The highest BCUT2D eigenvalue weighted by Crippen LogP contribution is 2.21. The zero-order chi connectivity index (χ0) is 15.3. The summed E-state index contributed by atoms with van der Waals surface area (Å²) in [5.41, 5.74) is 1.54. The van der Waals surface area contributed by atoms with Crippen molar-refractivity contribution in [2.75, 3.05) is 25.5 Å². The van der Waals surface area contributed by atoms with Crippen molar-refractivity contribution >= 4 is 11.6 Å². The largest absolute Gasteiger partial charge is 0.393 e. The number of aliphatic hydroxyl groups is 1. The number of aliphatic hydroxyl groups excluding tert-OH is 1. The molecule has 0 saturated heterocycles. The summed E-state index contributed by atoms with van der Waals surface area (Å²) < 4.78 is 0. The van der Waals surface area contributed by atoms with Crippen LogP contribution in [0.4, 0.5) is 5.69 Å². The van der Waals surface area contributed by atoms with Gasteiger partial charge >= 0.3 is 0 Å². The van der Waals surface area contributed by atoms with E-state index in [9.17, 15) is 9.90 Å². The van der Waals surface area contributed by atoms with E-state index in [0.717, 1.165) is 5.69 Å². The molecule has 0 fully saturated rings. The number of rotatable bonds is 6. The smallest absolute Gasteiger partial charge is 0.251 e. The molecule has 0 heterocycles. The van der Waals surface area contributed by atoms with Gasteiger partial charge in [-0.05, 0) is 37.0 Å². The molecule has 0 aromatic heterocycles. The minimum absolute atomic E-state index is 0.0765. The van der Waals surface area contributed by atoms with Crippen molar-refractivity contribution in [2.24, 2.45) is 5.41 Å². The average molecular weight is 278 g/mol. The first-order chi connectivity index (χ1) is 9.21. The maximum atomic E-state index is 12.2. The van der Waals surface area contributed by atoms with Crippen LogP contribution in [0.15, 0.2) is 24.3 Å². The van der Waals surface area contributed by atoms with Gasteiger partial charge in [0.15, 0.2) is 0 Å². The summed E-state index contributed by atoms with van der Waals surface area (Å²) >= 11 is 0. The number of carbonyl (C=O) groups excluding carboxylic acids is 1. The van der Waals surface area contributed by atoms with E-state index in [4.69, 9.17) is 0 Å². The van der Waals surface area contributed by atoms with Crippen LogP contribution < -0.4 is 10.2 Å². The van der Waals surface area contributed by atoms with Crippen molar-refractivity contribution in [3.63, 3.8) is 0 Å². The molecule has 1 unspecified atom stereocenters. The Morgan fingerprint density at radius 2 is 2.05 bits per heavy atom. The third-order valence-electron chi connectivity index (χ3n) is 3.20. The summed E-state index contributed by atoms with van der Waals surface area (Å²) in [7, 11) is 3.89. The van der Waals surface area contributed by atoms with E-state index < -0.39 is 0 Å². The van der Waals surface area contributed by atoms with Crippen LogP contribution in [0.2, 0.25) is 0 Å². The highest BCUT2D eigenvalue weighted by molar-refractivity contribution is 5.95. The highest BCUT2D eigenvalue weighted by Gasteiger charge is 2.21. The molecule has 4 heteroatoms. The molecule has 0 radical (unpaired) electrons. The average Bonchev–Trinajstić information content (AvgIpc) is 2.34. The van der Waals surface area contributed by atoms with Crippen LogP contribution >= 0.6 is 0 Å². The lowest BCUT2D eigenvalue weighted by molar-refractivity contribution is 0.0902. The Bertz CT molecular complexity index is 454. The van der Waals surface area contributed by atoms with Crippen LogP contribution in [0.25, 0.3) is 0 Å². The van der Waals surface area contributed by atoms with Gasteiger partial charge < -0.3 is 15.3 Å². The van der Waals surface area contributed by atoms with Gasteiger partial charge in [0.25, 0.3) is 5.91 Å². The Hall–Kier alpha value is -1.55. The van der Waals surface area contributed by atoms with Crippen molar-refractivity contribution in [3.8, 4) is 0 Å². The second kappa shape index (κ2) is 6.75. The van der Waals surface area contributed by atoms with Crippen molar-refractivity contribution in [1.82, 2.24) is 5.32 Å². The number of hydrogen-bond acceptors (Lipinski definition) is 3. The molecule has 0 aliphatic carbocycles. The van der Waals surface area contributed by atoms with Gasteiger partial charge in [0.1, 0.15) is 0 Å². The molecule has 1 rings (SSSR count). The van der Waals surface area contributed by atoms with Crippen LogP contribution in [0, 0.1) is 5.41 Å². The number of amides is 1. The van der Waals surface area contributed by atoms with Crippen molar-refractivity contribution in [1.29, 1.82) is 0 Å². The summed E-state index contributed by atoms with van der Waals surface area (Å²) in [6, 6.07) is 7.53. The second-order valence-electron chi connectivity index (χ2n) is 6.34. The molecule has 0 aliphatic heterocycles. The molecule has 0 spiro atoms. The molecule has 1 amide bonds. The summed E-state index contributed by atoms with van der Waals surface area (Å²) in [5.74, 6) is -0.0765. The maximum Gasteiger partial charge on any atom is 0.251 e. The van der Waals surface area contributed by atoms with Crippen molar-refractivity contribution in [3.05, 3.63) is 29.8 Å². The predicted octanol–water partition coefficient (Wildman–Crippen LogP) is 2.28. The lowest BCUT2D eigenvalue weighted by atomic mass is 9.87. The molecule has 2 N–H and O–H groups in total. The summed E-state index contributed by atoms with van der Waals surface area (Å²) in [6.07, 6.45) is 0.296. The first-order valence-corrected chi connectivity index (χ1v) is 6.95. The first-order valence-electron chi connectivity index (χ1n) is 6.95. The molecular formula is C16H26N2O2. The molecule has 1 aromatic carbocycles. The second-order valence-corrected chi connectivity index (χ2v) is 6.34. The summed E-state index contributed by atoms with van der Waals surface area (Å²) in [5, 5.41) is 12.4. The zero-order valence-corrected chi connectivity index (χ0v) is 13.1. The van der Waals surface area contributed by atoms with Gasteiger partial charge in [-0.3, -0.25) is 4.79 Å². The van der Waals surface area contributed by atoms with E-state index in [2.05, 4.69) is 5.32 Å². The van der Waals surface area contributed by atoms with Crippen LogP contribution in [0.1, 0.15) is 37.6 Å². The summed E-state index contributed by atoms with van der Waals surface area (Å²) in [6.45, 7) is 6.39. The van der Waals surface area contributed by atoms with Gasteiger partial charge in [0.05, 0.1) is 6.10 Å². The molecule has 0 saturated carbocycles. The fraction of sp³-hybridized carbons (Fsp3) is 0.562. The normalized spacial score (nSPS) is 12.9. The van der Waals surface area contributed by atoms with E-state index in [1.165, 1.54) is 0 Å². The van der Waals surface area contributed by atoms with E-state index >= 15 is 0 Å². The molecule has 112 valence electrons. The van der Waals surface area contributed by atoms with Crippen LogP contribution in [0.5, 0.6) is 0 Å². The van der Waals surface area contributed by atoms with Gasteiger partial charge in [-0.1, -0.05) is 19.9 Å². The lowest BCUT2D eigenvalue weighted by Crippen LogP contribution is -2.35. The Balaban J connectivity index is 2.65. The topological polar surface area (TPSA) is 52.6 Å². The zero-order valence-electron chi connectivity index (χ0n) is 13.1. The molecule has 4 nitrogen and oxygen atoms in total. The van der Waals surface area contributed by atoms with E-state index in [-0.39, 0.29) is 17.4 Å². The summed E-state index contributed by atoms with van der Waals surface area (Å²) in [4.78, 5) is 14.1. The SMILES string of the molecule is CC(O)CC(C)(C)CNC(=O)c1cccc(N(C)C)c1. The number of carbonyl (C=O) groups is 1. The number of anilines is 1. The number of benzene rings is 1. The minimum atomic E-state index is -0.362. The third-order valence-corrected chi connectivity index (χ3v) is 3.20. The van der Waals surface area contributed by atoms with E-state index in [1.54, 1.807) is 6.92 Å². The fourth-order valence-electron chi connectivity index (χ4n) is 2.22. The van der Waals surface area contributed by atoms with Gasteiger partial charge in [0.2, 0.25) is 0 Å². The van der Waals surface area contributed by atoms with Crippen LogP contribution in [-0.4, -0.2) is 37.8 Å².